The van der Waals surface area contributed by atoms with Crippen LogP contribution in [0.1, 0.15) is 5.56 Å². The summed E-state index contributed by atoms with van der Waals surface area (Å²) < 4.78 is 4.63. The van der Waals surface area contributed by atoms with Crippen molar-refractivity contribution in [1.82, 2.24) is 4.90 Å². The molecule has 6 heteroatoms. The molecule has 1 aliphatic heterocycles. The van der Waals surface area contributed by atoms with Gasteiger partial charge in [0.2, 0.25) is 5.91 Å². The summed E-state index contributed by atoms with van der Waals surface area (Å²) in [5, 5.41) is 2.82. The Labute approximate surface area is 109 Å². The van der Waals surface area contributed by atoms with Gasteiger partial charge in [0.1, 0.15) is 0 Å². The van der Waals surface area contributed by atoms with E-state index in [0.29, 0.717) is 12.3 Å². The van der Waals surface area contributed by atoms with Crippen molar-refractivity contribution in [3.8, 4) is 0 Å². The molecule has 0 aliphatic carbocycles. The number of hydrogen-bond donors (Lipinski definition) is 1. The lowest BCUT2D eigenvalue weighted by Gasteiger charge is -2.19. The maximum atomic E-state index is 11.3. The summed E-state index contributed by atoms with van der Waals surface area (Å²) in [6, 6.07) is 5.79. The van der Waals surface area contributed by atoms with E-state index in [9.17, 15) is 9.59 Å². The van der Waals surface area contributed by atoms with E-state index in [1.165, 1.54) is 23.8 Å². The van der Waals surface area contributed by atoms with Crippen molar-refractivity contribution in [2.24, 2.45) is 0 Å². The minimum Gasteiger partial charge on any atom is -0.453 e. The van der Waals surface area contributed by atoms with Crippen molar-refractivity contribution in [2.45, 2.75) is 11.4 Å². The quantitative estimate of drug-likeness (QED) is 0.888. The van der Waals surface area contributed by atoms with Crippen LogP contribution < -0.4 is 5.32 Å². The van der Waals surface area contributed by atoms with Gasteiger partial charge in [-0.15, -0.1) is 11.8 Å². The Morgan fingerprint density at radius 2 is 2.33 bits per heavy atom. The number of nitrogens with zero attached hydrogens (tertiary/aromatic N) is 1. The first-order chi connectivity index (χ1) is 8.60. The molecule has 0 saturated heterocycles. The van der Waals surface area contributed by atoms with Crippen LogP contribution in [0.4, 0.5) is 10.5 Å². The lowest BCUT2D eigenvalue weighted by Crippen LogP contribution is -2.26. The predicted octanol–water partition coefficient (Wildman–Crippen LogP) is 1.93. The monoisotopic (exact) mass is 266 g/mol. The first kappa shape index (κ1) is 12.8. The highest BCUT2D eigenvalue weighted by Crippen LogP contribution is 2.32. The number of carbonyl (C=O) groups excluding carboxylic acids is 2. The summed E-state index contributed by atoms with van der Waals surface area (Å²) in [7, 11) is 3.02. The van der Waals surface area contributed by atoms with Gasteiger partial charge in [0.25, 0.3) is 0 Å². The summed E-state index contributed by atoms with van der Waals surface area (Å²) in [4.78, 5) is 25.1. The number of thioether (sulfide) groups is 1. The summed E-state index contributed by atoms with van der Waals surface area (Å²) >= 11 is 1.52. The van der Waals surface area contributed by atoms with Gasteiger partial charge in [-0.05, 0) is 17.7 Å². The summed E-state index contributed by atoms with van der Waals surface area (Å²) in [6.07, 6.45) is -0.383. The second-order valence-corrected chi connectivity index (χ2v) is 5.01. The smallest absolute Gasteiger partial charge is 0.409 e. The van der Waals surface area contributed by atoms with Gasteiger partial charge in [0, 0.05) is 18.5 Å². The van der Waals surface area contributed by atoms with Gasteiger partial charge in [0.05, 0.1) is 18.6 Å². The van der Waals surface area contributed by atoms with Gasteiger partial charge in [-0.3, -0.25) is 4.79 Å². The molecule has 0 fully saturated rings. The van der Waals surface area contributed by atoms with E-state index in [1.807, 2.05) is 18.2 Å². The number of anilines is 1. The van der Waals surface area contributed by atoms with Crippen molar-refractivity contribution >= 4 is 29.4 Å². The SMILES string of the molecule is COC(=O)N(C)Cc1ccc2c(c1)NC(=O)CS2. The molecule has 1 aliphatic rings. The van der Waals surface area contributed by atoms with Crippen LogP contribution in [0.5, 0.6) is 0 Å². The zero-order valence-electron chi connectivity index (χ0n) is 10.2. The normalized spacial score (nSPS) is 13.6. The molecule has 1 heterocycles. The molecule has 0 atom stereocenters. The maximum Gasteiger partial charge on any atom is 0.409 e. The summed E-state index contributed by atoms with van der Waals surface area (Å²) in [5.74, 6) is 0.458. The van der Waals surface area contributed by atoms with E-state index < -0.39 is 0 Å². The average molecular weight is 266 g/mol. The summed E-state index contributed by atoms with van der Waals surface area (Å²) in [6.45, 7) is 0.445. The van der Waals surface area contributed by atoms with E-state index in [2.05, 4.69) is 10.1 Å². The molecule has 96 valence electrons. The van der Waals surface area contributed by atoms with Gasteiger partial charge in [-0.1, -0.05) is 6.07 Å². The Kier molecular flexibility index (Phi) is 3.76. The Bertz CT molecular complexity index is 490. The predicted molar refractivity (Wildman–Crippen MR) is 69.7 cm³/mol. The van der Waals surface area contributed by atoms with Gasteiger partial charge in [-0.25, -0.2) is 4.79 Å². The first-order valence-corrected chi connectivity index (χ1v) is 6.43. The molecule has 1 aromatic carbocycles. The molecule has 1 aromatic rings. The minimum absolute atomic E-state index is 0.00553. The molecular formula is C12H14N2O3S. The molecule has 0 saturated carbocycles. The van der Waals surface area contributed by atoms with Crippen molar-refractivity contribution in [2.75, 3.05) is 25.2 Å². The van der Waals surface area contributed by atoms with Gasteiger partial charge in [0.15, 0.2) is 0 Å². The zero-order chi connectivity index (χ0) is 13.1. The Balaban J connectivity index is 2.13. The number of hydrogen-bond acceptors (Lipinski definition) is 4. The Morgan fingerprint density at radius 3 is 3.06 bits per heavy atom. The highest BCUT2D eigenvalue weighted by Gasteiger charge is 2.16. The number of ether oxygens (including phenoxy) is 1. The highest BCUT2D eigenvalue weighted by atomic mass is 32.2. The van der Waals surface area contributed by atoms with Crippen molar-refractivity contribution in [3.05, 3.63) is 23.8 Å². The van der Waals surface area contributed by atoms with Gasteiger partial charge >= 0.3 is 6.09 Å². The van der Waals surface area contributed by atoms with Crippen LogP contribution in [-0.2, 0) is 16.1 Å². The molecule has 1 N–H and O–H groups in total. The molecule has 0 bridgehead atoms. The molecule has 2 amide bonds. The van der Waals surface area contributed by atoms with Gasteiger partial charge < -0.3 is 15.0 Å². The molecule has 0 radical (unpaired) electrons. The number of nitrogens with one attached hydrogen (secondary N) is 1. The fourth-order valence-electron chi connectivity index (χ4n) is 1.72. The second kappa shape index (κ2) is 5.30. The number of carbonyl (C=O) groups is 2. The number of fused-ring (bicyclic) bond motifs is 1. The van der Waals surface area contributed by atoms with Crippen LogP contribution in [-0.4, -0.2) is 36.8 Å². The molecular weight excluding hydrogens is 252 g/mol. The van der Waals surface area contributed by atoms with Crippen LogP contribution in [0.2, 0.25) is 0 Å². The third kappa shape index (κ3) is 2.76. The van der Waals surface area contributed by atoms with Crippen LogP contribution in [0.25, 0.3) is 0 Å². The van der Waals surface area contributed by atoms with Crippen LogP contribution in [0, 0.1) is 0 Å². The number of rotatable bonds is 2. The number of methoxy groups -OCH3 is 1. The first-order valence-electron chi connectivity index (χ1n) is 5.45. The summed E-state index contributed by atoms with van der Waals surface area (Å²) in [5.41, 5.74) is 1.76. The van der Waals surface area contributed by atoms with Crippen LogP contribution in [0.15, 0.2) is 23.1 Å². The fourth-order valence-corrected chi connectivity index (χ4v) is 2.51. The minimum atomic E-state index is -0.383. The van der Waals surface area contributed by atoms with E-state index in [-0.39, 0.29) is 12.0 Å². The number of benzene rings is 1. The van der Waals surface area contributed by atoms with Crippen molar-refractivity contribution < 1.29 is 14.3 Å². The lowest BCUT2D eigenvalue weighted by atomic mass is 10.2. The maximum absolute atomic E-state index is 11.3. The topological polar surface area (TPSA) is 58.6 Å². The zero-order valence-corrected chi connectivity index (χ0v) is 11.0. The van der Waals surface area contributed by atoms with E-state index >= 15 is 0 Å². The van der Waals surface area contributed by atoms with Crippen LogP contribution in [0.3, 0.4) is 0 Å². The molecule has 5 nitrogen and oxygen atoms in total. The lowest BCUT2D eigenvalue weighted by molar-refractivity contribution is -0.113. The fraction of sp³-hybridized carbons (Fsp3) is 0.333. The van der Waals surface area contributed by atoms with Crippen molar-refractivity contribution in [1.29, 1.82) is 0 Å². The second-order valence-electron chi connectivity index (χ2n) is 3.99. The largest absolute Gasteiger partial charge is 0.453 e. The van der Waals surface area contributed by atoms with E-state index in [0.717, 1.165) is 16.1 Å². The third-order valence-corrected chi connectivity index (χ3v) is 3.66. The van der Waals surface area contributed by atoms with E-state index in [4.69, 9.17) is 0 Å². The Hall–Kier alpha value is -1.69. The standard InChI is InChI=1S/C12H14N2O3S/c1-14(12(16)17-2)6-8-3-4-10-9(5-8)13-11(15)7-18-10/h3-5H,6-7H2,1-2H3,(H,13,15). The molecule has 0 aromatic heterocycles. The highest BCUT2D eigenvalue weighted by molar-refractivity contribution is 8.00. The van der Waals surface area contributed by atoms with Crippen molar-refractivity contribution in [3.63, 3.8) is 0 Å². The number of amides is 2. The van der Waals surface area contributed by atoms with Crippen LogP contribution >= 0.6 is 11.8 Å². The molecule has 18 heavy (non-hydrogen) atoms. The Morgan fingerprint density at radius 1 is 1.56 bits per heavy atom. The third-order valence-electron chi connectivity index (χ3n) is 2.58. The molecule has 0 unspecified atom stereocenters. The van der Waals surface area contributed by atoms with E-state index in [1.54, 1.807) is 7.05 Å². The van der Waals surface area contributed by atoms with Gasteiger partial charge in [-0.2, -0.15) is 0 Å². The molecule has 0 spiro atoms. The molecule has 2 rings (SSSR count). The average Bonchev–Trinajstić information content (AvgIpc) is 2.37.